The van der Waals surface area contributed by atoms with Crippen molar-refractivity contribution in [1.29, 1.82) is 0 Å². The number of nitrogens with one attached hydrogen (secondary N) is 2. The van der Waals surface area contributed by atoms with Crippen molar-refractivity contribution in [2.75, 3.05) is 28.6 Å². The second kappa shape index (κ2) is 6.62. The van der Waals surface area contributed by atoms with Crippen LogP contribution in [0.25, 0.3) is 0 Å². The highest BCUT2D eigenvalue weighted by Gasteiger charge is 2.14. The van der Waals surface area contributed by atoms with Gasteiger partial charge < -0.3 is 15.5 Å². The highest BCUT2D eigenvalue weighted by atomic mass is 35.5. The summed E-state index contributed by atoms with van der Waals surface area (Å²) in [4.78, 5) is 22.6. The summed E-state index contributed by atoms with van der Waals surface area (Å²) in [7, 11) is 0. The number of carbonyl (C=O) groups excluding carboxylic acids is 1. The largest absolute Gasteiger partial charge is 0.341 e. The first-order valence-electron chi connectivity index (χ1n) is 7.11. The number of hydrogen-bond acceptors (Lipinski definition) is 4. The Morgan fingerprint density at radius 1 is 1.09 bits per heavy atom. The zero-order valence-electron chi connectivity index (χ0n) is 11.9. The first kappa shape index (κ1) is 14.6. The molecule has 1 aliphatic rings. The van der Waals surface area contributed by atoms with Crippen LogP contribution in [0.5, 0.6) is 0 Å². The van der Waals surface area contributed by atoms with E-state index < -0.39 is 0 Å². The quantitative estimate of drug-likeness (QED) is 0.910. The van der Waals surface area contributed by atoms with Gasteiger partial charge in [-0.2, -0.15) is 0 Å². The van der Waals surface area contributed by atoms with Crippen molar-refractivity contribution in [3.8, 4) is 0 Å². The third-order valence-corrected chi connectivity index (χ3v) is 3.60. The van der Waals surface area contributed by atoms with Crippen molar-refractivity contribution in [3.63, 3.8) is 0 Å². The molecule has 22 heavy (non-hydrogen) atoms. The molecule has 2 aromatic rings. The molecule has 0 aliphatic carbocycles. The molecule has 114 valence electrons. The van der Waals surface area contributed by atoms with E-state index in [9.17, 15) is 4.79 Å². The Hall–Kier alpha value is -2.34. The number of hydrogen-bond donors (Lipinski definition) is 2. The summed E-state index contributed by atoms with van der Waals surface area (Å²) in [6, 6.07) is 6.59. The zero-order valence-corrected chi connectivity index (χ0v) is 12.7. The van der Waals surface area contributed by atoms with Crippen LogP contribution in [0.3, 0.4) is 0 Å². The van der Waals surface area contributed by atoms with Crippen molar-refractivity contribution in [1.82, 2.24) is 9.97 Å². The summed E-state index contributed by atoms with van der Waals surface area (Å²) in [5, 5.41) is 5.96. The van der Waals surface area contributed by atoms with Crippen LogP contribution in [0.15, 0.2) is 36.7 Å². The van der Waals surface area contributed by atoms with Gasteiger partial charge in [-0.15, -0.1) is 0 Å². The van der Waals surface area contributed by atoms with Gasteiger partial charge in [-0.1, -0.05) is 17.7 Å². The number of carbonyl (C=O) groups is 1. The lowest BCUT2D eigenvalue weighted by atomic mass is 10.3. The molecule has 6 nitrogen and oxygen atoms in total. The Morgan fingerprint density at radius 2 is 1.77 bits per heavy atom. The monoisotopic (exact) mass is 317 g/mol. The van der Waals surface area contributed by atoms with Gasteiger partial charge in [-0.05, 0) is 31.0 Å². The molecule has 0 saturated carbocycles. The van der Waals surface area contributed by atoms with Crippen LogP contribution >= 0.6 is 11.6 Å². The maximum atomic E-state index is 11.9. The van der Waals surface area contributed by atoms with E-state index in [1.165, 1.54) is 12.8 Å². The van der Waals surface area contributed by atoms with Crippen LogP contribution < -0.4 is 15.5 Å². The predicted octanol–water partition coefficient (Wildman–Crippen LogP) is 3.37. The van der Waals surface area contributed by atoms with E-state index >= 15 is 0 Å². The van der Waals surface area contributed by atoms with Gasteiger partial charge in [-0.25, -0.2) is 14.8 Å². The molecule has 0 bridgehead atoms. The van der Waals surface area contributed by atoms with Crippen LogP contribution in [0.2, 0.25) is 5.02 Å². The molecular formula is C15H16ClN5O. The molecule has 1 saturated heterocycles. The Bertz CT molecular complexity index is 655. The van der Waals surface area contributed by atoms with Crippen LogP contribution in [0.4, 0.5) is 22.1 Å². The van der Waals surface area contributed by atoms with E-state index in [0.29, 0.717) is 22.3 Å². The minimum absolute atomic E-state index is 0.361. The normalized spacial score (nSPS) is 14.0. The number of halogens is 1. The number of amides is 2. The topological polar surface area (TPSA) is 70.2 Å². The molecule has 1 aliphatic heterocycles. The summed E-state index contributed by atoms with van der Waals surface area (Å²) in [6.45, 7) is 1.98. The molecule has 0 atom stereocenters. The highest BCUT2D eigenvalue weighted by molar-refractivity contribution is 6.30. The molecule has 7 heteroatoms. The van der Waals surface area contributed by atoms with Gasteiger partial charge in [0.15, 0.2) is 0 Å². The van der Waals surface area contributed by atoms with E-state index in [0.717, 1.165) is 13.1 Å². The third-order valence-electron chi connectivity index (χ3n) is 3.37. The molecule has 2 heterocycles. The van der Waals surface area contributed by atoms with Gasteiger partial charge in [0.25, 0.3) is 0 Å². The smallest absolute Gasteiger partial charge is 0.323 e. The van der Waals surface area contributed by atoms with Crippen LogP contribution in [0, 0.1) is 0 Å². The molecule has 0 radical (unpaired) electrons. The van der Waals surface area contributed by atoms with Gasteiger partial charge in [-0.3, -0.25) is 0 Å². The first-order chi connectivity index (χ1) is 10.7. The summed E-state index contributed by atoms with van der Waals surface area (Å²) in [6.07, 6.45) is 5.56. The van der Waals surface area contributed by atoms with Crippen molar-refractivity contribution in [2.45, 2.75) is 12.8 Å². The maximum absolute atomic E-state index is 11.9. The van der Waals surface area contributed by atoms with Gasteiger partial charge in [0.2, 0.25) is 5.95 Å². The van der Waals surface area contributed by atoms with E-state index in [1.54, 1.807) is 36.7 Å². The lowest BCUT2D eigenvalue weighted by Crippen LogP contribution is -2.22. The molecule has 3 rings (SSSR count). The number of urea groups is 1. The molecular weight excluding hydrogens is 302 g/mol. The number of aromatic nitrogens is 2. The fraction of sp³-hybridized carbons (Fsp3) is 0.267. The van der Waals surface area contributed by atoms with E-state index in [-0.39, 0.29) is 6.03 Å². The van der Waals surface area contributed by atoms with Gasteiger partial charge >= 0.3 is 6.03 Å². The van der Waals surface area contributed by atoms with Gasteiger partial charge in [0.05, 0.1) is 18.1 Å². The van der Waals surface area contributed by atoms with Gasteiger partial charge in [0, 0.05) is 23.8 Å². The molecule has 1 aromatic carbocycles. The fourth-order valence-electron chi connectivity index (χ4n) is 2.33. The molecule has 1 aromatic heterocycles. The number of rotatable bonds is 3. The lowest BCUT2D eigenvalue weighted by molar-refractivity contribution is 0.262. The van der Waals surface area contributed by atoms with Gasteiger partial charge in [0.1, 0.15) is 0 Å². The standard InChI is InChI=1S/C15H16ClN5O/c16-11-4-3-5-12(8-11)19-15(22)20-13-9-17-14(18-10-13)21-6-1-2-7-21/h3-5,8-10H,1-2,6-7H2,(H2,19,20,22). The summed E-state index contributed by atoms with van der Waals surface area (Å²) in [5.74, 6) is 0.707. The first-order valence-corrected chi connectivity index (χ1v) is 7.49. The second-order valence-electron chi connectivity index (χ2n) is 5.06. The average Bonchev–Trinajstić information content (AvgIpc) is 3.02. The van der Waals surface area contributed by atoms with Crippen LogP contribution in [-0.4, -0.2) is 29.1 Å². The minimum atomic E-state index is -0.361. The number of benzene rings is 1. The Balaban J connectivity index is 1.59. The zero-order chi connectivity index (χ0) is 15.4. The lowest BCUT2D eigenvalue weighted by Gasteiger charge is -2.14. The van der Waals surface area contributed by atoms with E-state index in [4.69, 9.17) is 11.6 Å². The Morgan fingerprint density at radius 3 is 2.45 bits per heavy atom. The number of nitrogens with zero attached hydrogens (tertiary/aromatic N) is 3. The minimum Gasteiger partial charge on any atom is -0.341 e. The maximum Gasteiger partial charge on any atom is 0.323 e. The second-order valence-corrected chi connectivity index (χ2v) is 5.49. The molecule has 0 unspecified atom stereocenters. The van der Waals surface area contributed by atoms with Crippen molar-refractivity contribution in [3.05, 3.63) is 41.7 Å². The third kappa shape index (κ3) is 3.65. The molecule has 2 amide bonds. The predicted molar refractivity (Wildman–Crippen MR) is 87.6 cm³/mol. The highest BCUT2D eigenvalue weighted by Crippen LogP contribution is 2.17. The Kier molecular flexibility index (Phi) is 4.39. The number of anilines is 3. The van der Waals surface area contributed by atoms with Crippen LogP contribution in [-0.2, 0) is 0 Å². The summed E-state index contributed by atoms with van der Waals surface area (Å²) in [5.41, 5.74) is 1.17. The Labute approximate surface area is 133 Å². The SMILES string of the molecule is O=C(Nc1cnc(N2CCCC2)nc1)Nc1cccc(Cl)c1. The molecule has 1 fully saturated rings. The average molecular weight is 318 g/mol. The van der Waals surface area contributed by atoms with E-state index in [2.05, 4.69) is 25.5 Å². The molecule has 2 N–H and O–H groups in total. The van der Waals surface area contributed by atoms with Crippen molar-refractivity contribution in [2.24, 2.45) is 0 Å². The van der Waals surface area contributed by atoms with E-state index in [1.807, 2.05) is 0 Å². The van der Waals surface area contributed by atoms with Crippen LogP contribution in [0.1, 0.15) is 12.8 Å². The fourth-order valence-corrected chi connectivity index (χ4v) is 2.52. The van der Waals surface area contributed by atoms with Crippen molar-refractivity contribution < 1.29 is 4.79 Å². The van der Waals surface area contributed by atoms with Crippen molar-refractivity contribution >= 4 is 35.0 Å². The summed E-state index contributed by atoms with van der Waals surface area (Å²) < 4.78 is 0. The molecule has 0 spiro atoms. The summed E-state index contributed by atoms with van der Waals surface area (Å²) >= 11 is 5.87.